The molecule has 0 saturated carbocycles. The predicted molar refractivity (Wildman–Crippen MR) is 135 cm³/mol. The molecule has 0 fully saturated rings. The molecule has 1 nitrogen and oxygen atoms in total. The van der Waals surface area contributed by atoms with Crippen LogP contribution in [0.4, 0.5) is 0 Å². The van der Waals surface area contributed by atoms with Gasteiger partial charge in [-0.1, -0.05) is 133 Å². The largest absolute Gasteiger partial charge is 0.289 e. The van der Waals surface area contributed by atoms with Gasteiger partial charge in [-0.15, -0.1) is 0 Å². The Bertz CT molecular complexity index is 1120. The van der Waals surface area contributed by atoms with Crippen LogP contribution in [0.25, 0.3) is 12.2 Å². The number of carbonyl (C=O) groups excluding carboxylic acids is 1. The van der Waals surface area contributed by atoms with E-state index in [0.717, 1.165) is 33.4 Å². The number of hydrogen-bond acceptors (Lipinski definition) is 1. The second kappa shape index (κ2) is 10.9. The summed E-state index contributed by atoms with van der Waals surface area (Å²) in [5.74, 6) is 0.0809. The highest BCUT2D eigenvalue weighted by Crippen LogP contribution is 2.20. The first-order chi connectivity index (χ1) is 15.8. The van der Waals surface area contributed by atoms with E-state index in [1.54, 1.807) is 0 Å². The molecule has 0 bridgehead atoms. The molecular formula is C31H26O. The van der Waals surface area contributed by atoms with Crippen LogP contribution in [-0.2, 0) is 12.8 Å². The summed E-state index contributed by atoms with van der Waals surface area (Å²) in [6.45, 7) is 0. The summed E-state index contributed by atoms with van der Waals surface area (Å²) >= 11 is 0. The van der Waals surface area contributed by atoms with E-state index in [4.69, 9.17) is 0 Å². The smallest absolute Gasteiger partial charge is 0.193 e. The van der Waals surface area contributed by atoms with E-state index in [1.165, 1.54) is 0 Å². The van der Waals surface area contributed by atoms with Crippen molar-refractivity contribution in [2.75, 3.05) is 0 Å². The Hall–Kier alpha value is -3.97. The molecule has 0 aromatic heterocycles. The third kappa shape index (κ3) is 5.59. The molecule has 0 N–H and O–H groups in total. The molecule has 1 heteroatoms. The van der Waals surface area contributed by atoms with Crippen LogP contribution in [0.2, 0.25) is 0 Å². The summed E-state index contributed by atoms with van der Waals surface area (Å²) in [5.41, 5.74) is 5.94. The first-order valence-corrected chi connectivity index (χ1v) is 10.9. The van der Waals surface area contributed by atoms with Crippen LogP contribution in [0.5, 0.6) is 0 Å². The monoisotopic (exact) mass is 414 g/mol. The van der Waals surface area contributed by atoms with E-state index in [1.807, 2.05) is 84.9 Å². The molecule has 0 aliphatic heterocycles. The van der Waals surface area contributed by atoms with Crippen molar-refractivity contribution in [3.8, 4) is 0 Å². The SMILES string of the molecule is O=C(c1ccccc1CC=Cc1ccccc1)c1ccccc1CC=Cc1ccccc1. The Morgan fingerprint density at radius 3 is 1.31 bits per heavy atom. The molecule has 4 aromatic rings. The molecule has 0 unspecified atom stereocenters. The van der Waals surface area contributed by atoms with Crippen molar-refractivity contribution < 1.29 is 4.79 Å². The first-order valence-electron chi connectivity index (χ1n) is 10.9. The zero-order valence-electron chi connectivity index (χ0n) is 18.0. The molecule has 0 atom stereocenters. The van der Waals surface area contributed by atoms with Crippen molar-refractivity contribution >= 4 is 17.9 Å². The van der Waals surface area contributed by atoms with E-state index in [0.29, 0.717) is 12.8 Å². The van der Waals surface area contributed by atoms with Crippen LogP contribution in [0.1, 0.15) is 38.2 Å². The van der Waals surface area contributed by atoms with E-state index in [9.17, 15) is 4.79 Å². The Morgan fingerprint density at radius 2 is 0.875 bits per heavy atom. The molecule has 0 heterocycles. The van der Waals surface area contributed by atoms with E-state index in [2.05, 4.69) is 48.6 Å². The van der Waals surface area contributed by atoms with Crippen LogP contribution < -0.4 is 0 Å². The average Bonchev–Trinajstić information content (AvgIpc) is 2.86. The number of carbonyl (C=O) groups is 1. The van der Waals surface area contributed by atoms with Crippen molar-refractivity contribution in [1.29, 1.82) is 0 Å². The Labute approximate surface area is 190 Å². The highest BCUT2D eigenvalue weighted by atomic mass is 16.1. The molecule has 0 radical (unpaired) electrons. The average molecular weight is 415 g/mol. The van der Waals surface area contributed by atoms with Gasteiger partial charge >= 0.3 is 0 Å². The Morgan fingerprint density at radius 1 is 0.500 bits per heavy atom. The zero-order chi connectivity index (χ0) is 22.0. The molecule has 156 valence electrons. The molecule has 4 aromatic carbocycles. The predicted octanol–water partition coefficient (Wildman–Crippen LogP) is 7.43. The molecule has 0 spiro atoms. The third-order valence-corrected chi connectivity index (χ3v) is 5.42. The third-order valence-electron chi connectivity index (χ3n) is 5.42. The van der Waals surface area contributed by atoms with Crippen molar-refractivity contribution in [1.82, 2.24) is 0 Å². The maximum absolute atomic E-state index is 13.5. The standard InChI is InChI=1S/C31H26O/c32-31(29-23-9-7-19-27(29)21-11-17-25-13-3-1-4-14-25)30-24-10-8-20-28(30)22-12-18-26-15-5-2-6-16-26/h1-20,23-24H,21-22H2. The second-order valence-electron chi connectivity index (χ2n) is 7.68. The van der Waals surface area contributed by atoms with Crippen molar-refractivity contribution in [2.45, 2.75) is 12.8 Å². The minimum atomic E-state index is 0.0809. The lowest BCUT2D eigenvalue weighted by molar-refractivity contribution is 0.103. The lowest BCUT2D eigenvalue weighted by atomic mass is 9.92. The minimum Gasteiger partial charge on any atom is -0.289 e. The number of rotatable bonds is 8. The van der Waals surface area contributed by atoms with Gasteiger partial charge < -0.3 is 0 Å². The van der Waals surface area contributed by atoms with Gasteiger partial charge in [-0.3, -0.25) is 4.79 Å². The lowest BCUT2D eigenvalue weighted by Gasteiger charge is -2.10. The highest BCUT2D eigenvalue weighted by molar-refractivity contribution is 6.10. The highest BCUT2D eigenvalue weighted by Gasteiger charge is 2.15. The fourth-order valence-electron chi connectivity index (χ4n) is 3.76. The summed E-state index contributed by atoms with van der Waals surface area (Å²) in [5, 5.41) is 0. The van der Waals surface area contributed by atoms with Crippen molar-refractivity contribution in [3.05, 3.63) is 155 Å². The van der Waals surface area contributed by atoms with Crippen molar-refractivity contribution in [3.63, 3.8) is 0 Å². The number of hydrogen-bond donors (Lipinski definition) is 0. The molecular weight excluding hydrogens is 388 g/mol. The second-order valence-corrected chi connectivity index (χ2v) is 7.68. The summed E-state index contributed by atoms with van der Waals surface area (Å²) in [6, 6.07) is 36.3. The fraction of sp³-hybridized carbons (Fsp3) is 0.0645. The molecule has 0 saturated heterocycles. The first kappa shape index (κ1) is 21.3. The van der Waals surface area contributed by atoms with E-state index in [-0.39, 0.29) is 5.78 Å². The molecule has 32 heavy (non-hydrogen) atoms. The quantitative estimate of drug-likeness (QED) is 0.274. The molecule has 0 aliphatic rings. The van der Waals surface area contributed by atoms with Gasteiger partial charge in [0.25, 0.3) is 0 Å². The topological polar surface area (TPSA) is 17.1 Å². The van der Waals surface area contributed by atoms with Crippen LogP contribution in [0, 0.1) is 0 Å². The van der Waals surface area contributed by atoms with Gasteiger partial charge in [0.2, 0.25) is 0 Å². The van der Waals surface area contributed by atoms with Gasteiger partial charge in [0.1, 0.15) is 0 Å². The molecule has 0 amide bonds. The molecule has 4 rings (SSSR count). The van der Waals surface area contributed by atoms with Crippen LogP contribution in [-0.4, -0.2) is 5.78 Å². The van der Waals surface area contributed by atoms with Gasteiger partial charge in [0, 0.05) is 11.1 Å². The normalized spacial score (nSPS) is 11.2. The van der Waals surface area contributed by atoms with Crippen LogP contribution >= 0.6 is 0 Å². The van der Waals surface area contributed by atoms with Crippen molar-refractivity contribution in [2.24, 2.45) is 0 Å². The number of allylic oxidation sites excluding steroid dienone is 2. The number of ketones is 1. The molecule has 0 aliphatic carbocycles. The van der Waals surface area contributed by atoms with Gasteiger partial charge in [-0.25, -0.2) is 0 Å². The van der Waals surface area contributed by atoms with Gasteiger partial charge in [-0.05, 0) is 35.1 Å². The van der Waals surface area contributed by atoms with Gasteiger partial charge in [-0.2, -0.15) is 0 Å². The van der Waals surface area contributed by atoms with Gasteiger partial charge in [0.15, 0.2) is 5.78 Å². The number of benzene rings is 4. The summed E-state index contributed by atoms with van der Waals surface area (Å²) in [4.78, 5) is 13.5. The lowest BCUT2D eigenvalue weighted by Crippen LogP contribution is -2.08. The van der Waals surface area contributed by atoms with E-state index >= 15 is 0 Å². The Kier molecular flexibility index (Phi) is 7.23. The maximum atomic E-state index is 13.5. The minimum absolute atomic E-state index is 0.0809. The van der Waals surface area contributed by atoms with Crippen LogP contribution in [0.15, 0.2) is 121 Å². The maximum Gasteiger partial charge on any atom is 0.193 e. The van der Waals surface area contributed by atoms with Crippen LogP contribution in [0.3, 0.4) is 0 Å². The van der Waals surface area contributed by atoms with E-state index < -0.39 is 0 Å². The zero-order valence-corrected chi connectivity index (χ0v) is 18.0. The Balaban J connectivity index is 1.53. The summed E-state index contributed by atoms with van der Waals surface area (Å²) < 4.78 is 0. The summed E-state index contributed by atoms with van der Waals surface area (Å²) in [6.07, 6.45) is 9.87. The summed E-state index contributed by atoms with van der Waals surface area (Å²) in [7, 11) is 0. The fourth-order valence-corrected chi connectivity index (χ4v) is 3.76. The van der Waals surface area contributed by atoms with Gasteiger partial charge in [0.05, 0.1) is 0 Å².